The van der Waals surface area contributed by atoms with Crippen molar-refractivity contribution >= 4 is 11.6 Å². The van der Waals surface area contributed by atoms with Gasteiger partial charge in [-0.3, -0.25) is 4.79 Å². The van der Waals surface area contributed by atoms with E-state index < -0.39 is 12.1 Å². The summed E-state index contributed by atoms with van der Waals surface area (Å²) in [5, 5.41) is 1.71. The summed E-state index contributed by atoms with van der Waals surface area (Å²) in [7, 11) is 0. The van der Waals surface area contributed by atoms with Gasteiger partial charge < -0.3 is 14.8 Å². The Morgan fingerprint density at radius 3 is 2.62 bits per heavy atom. The first-order chi connectivity index (χ1) is 7.47. The van der Waals surface area contributed by atoms with Crippen LogP contribution >= 0.6 is 0 Å². The predicted molar refractivity (Wildman–Crippen MR) is 47.2 cm³/mol. The minimum Gasteiger partial charge on any atom is -0.454 e. The number of fused-ring (bicyclic) bond motifs is 1. The number of ether oxygens (including phenoxy) is 2. The largest absolute Gasteiger partial charge is 0.471 e. The maximum atomic E-state index is 11.9. The molecule has 1 heterocycles. The van der Waals surface area contributed by atoms with Crippen LogP contribution < -0.4 is 14.8 Å². The first-order valence-electron chi connectivity index (χ1n) is 4.24. The number of anilines is 1. The van der Waals surface area contributed by atoms with Gasteiger partial charge in [0, 0.05) is 11.8 Å². The first kappa shape index (κ1) is 10.6. The molecule has 0 radical (unpaired) electrons. The fourth-order valence-electron chi connectivity index (χ4n) is 1.18. The molecule has 1 aliphatic rings. The number of carbonyl (C=O) groups is 1. The molecule has 1 aromatic carbocycles. The van der Waals surface area contributed by atoms with Crippen LogP contribution in [-0.4, -0.2) is 18.9 Å². The van der Waals surface area contributed by atoms with E-state index in [0.717, 1.165) is 0 Å². The third-order valence-electron chi connectivity index (χ3n) is 1.89. The van der Waals surface area contributed by atoms with Gasteiger partial charge in [-0.1, -0.05) is 0 Å². The van der Waals surface area contributed by atoms with E-state index in [2.05, 4.69) is 0 Å². The number of benzene rings is 1. The molecule has 0 aromatic heterocycles. The van der Waals surface area contributed by atoms with Crippen LogP contribution in [0, 0.1) is 0 Å². The minimum absolute atomic E-state index is 0.00609. The van der Waals surface area contributed by atoms with E-state index in [1.165, 1.54) is 18.2 Å². The molecule has 0 saturated carbocycles. The Labute approximate surface area is 88.0 Å². The molecule has 0 fully saturated rings. The average molecular weight is 233 g/mol. The number of carbonyl (C=O) groups excluding carboxylic acids is 1. The van der Waals surface area contributed by atoms with Gasteiger partial charge >= 0.3 is 12.1 Å². The third-order valence-corrected chi connectivity index (χ3v) is 1.89. The number of rotatable bonds is 1. The molecule has 86 valence electrons. The Morgan fingerprint density at radius 2 is 1.94 bits per heavy atom. The fourth-order valence-corrected chi connectivity index (χ4v) is 1.18. The molecule has 16 heavy (non-hydrogen) atoms. The van der Waals surface area contributed by atoms with E-state index in [9.17, 15) is 18.0 Å². The highest BCUT2D eigenvalue weighted by Crippen LogP contribution is 2.34. The van der Waals surface area contributed by atoms with Gasteiger partial charge in [0.2, 0.25) is 6.79 Å². The highest BCUT2D eigenvalue weighted by molar-refractivity contribution is 5.95. The summed E-state index contributed by atoms with van der Waals surface area (Å²) < 4.78 is 45.7. The summed E-state index contributed by atoms with van der Waals surface area (Å²) in [5.41, 5.74) is 0.00609. The van der Waals surface area contributed by atoms with E-state index in [1.807, 2.05) is 0 Å². The van der Waals surface area contributed by atoms with Crippen LogP contribution in [0.1, 0.15) is 0 Å². The summed E-state index contributed by atoms with van der Waals surface area (Å²) in [5.74, 6) is -1.28. The van der Waals surface area contributed by atoms with Gasteiger partial charge in [0.15, 0.2) is 11.5 Å². The molecule has 0 aliphatic carbocycles. The lowest BCUT2D eigenvalue weighted by Crippen LogP contribution is -2.29. The number of hydrogen-bond donors (Lipinski definition) is 1. The molecule has 0 unspecified atom stereocenters. The molecular formula is C9H6F3NO3. The summed E-state index contributed by atoms with van der Waals surface area (Å²) in [4.78, 5) is 10.6. The Balaban J connectivity index is 2.14. The monoisotopic (exact) mass is 233 g/mol. The minimum atomic E-state index is -4.91. The van der Waals surface area contributed by atoms with Crippen LogP contribution in [0.3, 0.4) is 0 Å². The van der Waals surface area contributed by atoms with Crippen molar-refractivity contribution in [1.82, 2.24) is 0 Å². The van der Waals surface area contributed by atoms with Crippen molar-refractivity contribution in [1.29, 1.82) is 0 Å². The number of alkyl halides is 3. The molecule has 0 atom stereocenters. The number of hydrogen-bond acceptors (Lipinski definition) is 3. The summed E-state index contributed by atoms with van der Waals surface area (Å²) >= 11 is 0. The van der Waals surface area contributed by atoms with Crippen LogP contribution in [0.2, 0.25) is 0 Å². The molecular weight excluding hydrogens is 227 g/mol. The Morgan fingerprint density at radius 1 is 1.25 bits per heavy atom. The molecule has 0 saturated heterocycles. The lowest BCUT2D eigenvalue weighted by atomic mass is 10.3. The Hall–Kier alpha value is -1.92. The summed E-state index contributed by atoms with van der Waals surface area (Å²) in [6, 6.07) is 4.00. The lowest BCUT2D eigenvalue weighted by Gasteiger charge is -2.08. The van der Waals surface area contributed by atoms with Crippen molar-refractivity contribution < 1.29 is 27.4 Å². The second-order valence-electron chi connectivity index (χ2n) is 3.02. The van der Waals surface area contributed by atoms with E-state index in [1.54, 1.807) is 5.32 Å². The molecule has 1 amide bonds. The molecule has 0 bridgehead atoms. The van der Waals surface area contributed by atoms with Crippen molar-refractivity contribution in [2.75, 3.05) is 12.1 Å². The topological polar surface area (TPSA) is 47.6 Å². The van der Waals surface area contributed by atoms with Crippen molar-refractivity contribution in [3.63, 3.8) is 0 Å². The maximum Gasteiger partial charge on any atom is 0.471 e. The van der Waals surface area contributed by atoms with Crippen LogP contribution in [-0.2, 0) is 4.79 Å². The zero-order valence-electron chi connectivity index (χ0n) is 7.80. The average Bonchev–Trinajstić information content (AvgIpc) is 2.63. The normalized spacial score (nSPS) is 13.7. The highest BCUT2D eigenvalue weighted by Gasteiger charge is 2.38. The van der Waals surface area contributed by atoms with Crippen molar-refractivity contribution in [2.45, 2.75) is 6.18 Å². The Kier molecular flexibility index (Phi) is 2.37. The lowest BCUT2D eigenvalue weighted by molar-refractivity contribution is -0.167. The van der Waals surface area contributed by atoms with Gasteiger partial charge in [0.25, 0.3) is 0 Å². The van der Waals surface area contributed by atoms with Crippen LogP contribution in [0.5, 0.6) is 11.5 Å². The zero-order valence-corrected chi connectivity index (χ0v) is 7.80. The SMILES string of the molecule is O=C(Nc1ccc2c(c1)OCO2)C(F)(F)F. The van der Waals surface area contributed by atoms with E-state index >= 15 is 0 Å². The second-order valence-corrected chi connectivity index (χ2v) is 3.02. The molecule has 1 aromatic rings. The molecule has 2 rings (SSSR count). The highest BCUT2D eigenvalue weighted by atomic mass is 19.4. The quantitative estimate of drug-likeness (QED) is 0.806. The molecule has 4 nitrogen and oxygen atoms in total. The van der Waals surface area contributed by atoms with Crippen LogP contribution in [0.25, 0.3) is 0 Å². The van der Waals surface area contributed by atoms with Gasteiger partial charge in [0.1, 0.15) is 0 Å². The maximum absolute atomic E-state index is 11.9. The van der Waals surface area contributed by atoms with Crippen molar-refractivity contribution in [3.05, 3.63) is 18.2 Å². The smallest absolute Gasteiger partial charge is 0.454 e. The standard InChI is InChI=1S/C9H6F3NO3/c10-9(11,12)8(14)13-5-1-2-6-7(3-5)16-4-15-6/h1-3H,4H2,(H,13,14). The number of nitrogens with one attached hydrogen (secondary N) is 1. The van der Waals surface area contributed by atoms with Crippen LogP contribution in [0.4, 0.5) is 18.9 Å². The fraction of sp³-hybridized carbons (Fsp3) is 0.222. The summed E-state index contributed by atoms with van der Waals surface area (Å²) in [6.07, 6.45) is -4.91. The number of halogens is 3. The predicted octanol–water partition coefficient (Wildman–Crippen LogP) is 1.92. The van der Waals surface area contributed by atoms with E-state index in [-0.39, 0.29) is 12.5 Å². The molecule has 0 spiro atoms. The van der Waals surface area contributed by atoms with Gasteiger partial charge in [-0.2, -0.15) is 13.2 Å². The van der Waals surface area contributed by atoms with Crippen LogP contribution in [0.15, 0.2) is 18.2 Å². The molecule has 1 aliphatic heterocycles. The second kappa shape index (κ2) is 3.58. The Bertz CT molecular complexity index is 430. The number of amides is 1. The van der Waals surface area contributed by atoms with Crippen molar-refractivity contribution in [3.8, 4) is 11.5 Å². The van der Waals surface area contributed by atoms with Gasteiger partial charge in [-0.25, -0.2) is 0 Å². The first-order valence-corrected chi connectivity index (χ1v) is 4.24. The van der Waals surface area contributed by atoms with Gasteiger partial charge in [-0.05, 0) is 12.1 Å². The molecule has 7 heteroatoms. The third kappa shape index (κ3) is 2.02. The summed E-state index contributed by atoms with van der Waals surface area (Å²) in [6.45, 7) is 0.0198. The van der Waals surface area contributed by atoms with Crippen molar-refractivity contribution in [2.24, 2.45) is 0 Å². The molecule has 1 N–H and O–H groups in total. The van der Waals surface area contributed by atoms with Gasteiger partial charge in [0.05, 0.1) is 0 Å². The van der Waals surface area contributed by atoms with E-state index in [0.29, 0.717) is 11.5 Å². The van der Waals surface area contributed by atoms with E-state index in [4.69, 9.17) is 9.47 Å². The zero-order chi connectivity index (χ0) is 11.8. The van der Waals surface area contributed by atoms with Gasteiger partial charge in [-0.15, -0.1) is 0 Å².